The number of halogens is 1. The fraction of sp³-hybridized carbons (Fsp3) is 0.500. The highest BCUT2D eigenvalue weighted by Gasteiger charge is 2.22. The summed E-state index contributed by atoms with van der Waals surface area (Å²) in [6.45, 7) is 1.65. The maximum absolute atomic E-state index is 12.1. The van der Waals surface area contributed by atoms with Crippen molar-refractivity contribution in [2.75, 3.05) is 19.7 Å². The first kappa shape index (κ1) is 13.4. The van der Waals surface area contributed by atoms with Crippen LogP contribution in [0.3, 0.4) is 0 Å². The van der Waals surface area contributed by atoms with Crippen molar-refractivity contribution < 1.29 is 9.90 Å². The lowest BCUT2D eigenvalue weighted by atomic mass is 9.98. The third kappa shape index (κ3) is 3.47. The summed E-state index contributed by atoms with van der Waals surface area (Å²) < 4.78 is 0. The van der Waals surface area contributed by atoms with Gasteiger partial charge >= 0.3 is 0 Å². The molecule has 0 bridgehead atoms. The Bertz CT molecular complexity index is 422. The van der Waals surface area contributed by atoms with Gasteiger partial charge in [-0.05, 0) is 36.5 Å². The molecule has 1 unspecified atom stereocenters. The number of amides is 1. The van der Waals surface area contributed by atoms with Gasteiger partial charge in [0.25, 0.3) is 0 Å². The minimum Gasteiger partial charge on any atom is -0.396 e. The zero-order valence-corrected chi connectivity index (χ0v) is 11.1. The molecule has 1 aromatic rings. The molecular weight excluding hydrogens is 250 g/mol. The van der Waals surface area contributed by atoms with E-state index in [9.17, 15) is 4.79 Å². The number of carbonyl (C=O) groups is 1. The monoisotopic (exact) mass is 267 g/mol. The van der Waals surface area contributed by atoms with Crippen molar-refractivity contribution in [3.63, 3.8) is 0 Å². The second kappa shape index (κ2) is 6.21. The zero-order chi connectivity index (χ0) is 13.0. The van der Waals surface area contributed by atoms with Crippen molar-refractivity contribution in [2.45, 2.75) is 19.3 Å². The maximum atomic E-state index is 12.1. The Balaban J connectivity index is 1.95. The predicted octanol–water partition coefficient (Wildman–Crippen LogP) is 2.11. The van der Waals surface area contributed by atoms with Crippen molar-refractivity contribution >= 4 is 17.5 Å². The second-order valence-electron chi connectivity index (χ2n) is 4.84. The molecule has 1 atom stereocenters. The Kier molecular flexibility index (Phi) is 4.61. The van der Waals surface area contributed by atoms with Gasteiger partial charge < -0.3 is 10.0 Å². The van der Waals surface area contributed by atoms with Crippen LogP contribution in [-0.2, 0) is 11.2 Å². The second-order valence-corrected chi connectivity index (χ2v) is 5.27. The van der Waals surface area contributed by atoms with Crippen LogP contribution in [0, 0.1) is 5.92 Å². The highest BCUT2D eigenvalue weighted by atomic mass is 35.5. The number of carbonyl (C=O) groups excluding carboxylic acids is 1. The van der Waals surface area contributed by atoms with Crippen molar-refractivity contribution in [3.05, 3.63) is 34.9 Å². The van der Waals surface area contributed by atoms with Gasteiger partial charge in [-0.2, -0.15) is 0 Å². The fourth-order valence-electron chi connectivity index (χ4n) is 2.37. The van der Waals surface area contributed by atoms with Crippen molar-refractivity contribution in [3.8, 4) is 0 Å². The SMILES string of the molecule is O=C(Cc1cccc(Cl)c1)N1CCCC(CO)C1. The summed E-state index contributed by atoms with van der Waals surface area (Å²) in [6, 6.07) is 7.40. The summed E-state index contributed by atoms with van der Waals surface area (Å²) in [5, 5.41) is 9.82. The van der Waals surface area contributed by atoms with Crippen LogP contribution in [0.15, 0.2) is 24.3 Å². The standard InChI is InChI=1S/C14H18ClNO2/c15-13-5-1-3-11(7-13)8-14(18)16-6-2-4-12(9-16)10-17/h1,3,5,7,12,17H,2,4,6,8-10H2. The summed E-state index contributed by atoms with van der Waals surface area (Å²) in [7, 11) is 0. The number of piperidine rings is 1. The van der Waals surface area contributed by atoms with Gasteiger partial charge in [0.15, 0.2) is 0 Å². The first-order valence-electron chi connectivity index (χ1n) is 6.32. The van der Waals surface area contributed by atoms with Gasteiger partial charge in [0.05, 0.1) is 6.42 Å². The van der Waals surface area contributed by atoms with E-state index in [1.54, 1.807) is 6.07 Å². The third-order valence-corrected chi connectivity index (χ3v) is 3.61. The van der Waals surface area contributed by atoms with Crippen molar-refractivity contribution in [1.82, 2.24) is 4.90 Å². The molecule has 0 aromatic heterocycles. The quantitative estimate of drug-likeness (QED) is 0.911. The van der Waals surface area contributed by atoms with Crippen LogP contribution in [0.4, 0.5) is 0 Å². The lowest BCUT2D eigenvalue weighted by Crippen LogP contribution is -2.41. The molecule has 3 nitrogen and oxygen atoms in total. The van der Waals surface area contributed by atoms with Crippen LogP contribution < -0.4 is 0 Å². The number of hydrogen-bond acceptors (Lipinski definition) is 2. The van der Waals surface area contributed by atoms with Gasteiger partial charge in [-0.1, -0.05) is 23.7 Å². The van der Waals surface area contributed by atoms with Gasteiger partial charge in [0.2, 0.25) is 5.91 Å². The number of likely N-dealkylation sites (tertiary alicyclic amines) is 1. The average Bonchev–Trinajstić information content (AvgIpc) is 2.39. The molecule has 1 fully saturated rings. The number of hydrogen-bond donors (Lipinski definition) is 1. The van der Waals surface area contributed by atoms with Gasteiger partial charge in [-0.25, -0.2) is 0 Å². The molecule has 0 aliphatic carbocycles. The van der Waals surface area contributed by atoms with E-state index in [0.29, 0.717) is 18.0 Å². The third-order valence-electron chi connectivity index (χ3n) is 3.37. The minimum atomic E-state index is 0.121. The van der Waals surface area contributed by atoms with Gasteiger partial charge in [-0.3, -0.25) is 4.79 Å². The Morgan fingerprint density at radius 3 is 3.06 bits per heavy atom. The van der Waals surface area contributed by atoms with E-state index in [2.05, 4.69) is 0 Å². The molecule has 1 aliphatic heterocycles. The molecule has 1 aromatic carbocycles. The lowest BCUT2D eigenvalue weighted by molar-refractivity contribution is -0.132. The normalized spacial score (nSPS) is 19.9. The van der Waals surface area contributed by atoms with Crippen molar-refractivity contribution in [1.29, 1.82) is 0 Å². The zero-order valence-electron chi connectivity index (χ0n) is 10.3. The molecule has 0 radical (unpaired) electrons. The highest BCUT2D eigenvalue weighted by molar-refractivity contribution is 6.30. The van der Waals surface area contributed by atoms with Crippen LogP contribution in [0.1, 0.15) is 18.4 Å². The molecule has 18 heavy (non-hydrogen) atoms. The van der Waals surface area contributed by atoms with E-state index in [1.165, 1.54) is 0 Å². The van der Waals surface area contributed by atoms with Gasteiger partial charge in [-0.15, -0.1) is 0 Å². The molecule has 1 heterocycles. The van der Waals surface area contributed by atoms with Crippen LogP contribution in [0.25, 0.3) is 0 Å². The van der Waals surface area contributed by atoms with Crippen molar-refractivity contribution in [2.24, 2.45) is 5.92 Å². The Hall–Kier alpha value is -1.06. The molecule has 4 heteroatoms. The lowest BCUT2D eigenvalue weighted by Gasteiger charge is -2.32. The molecule has 98 valence electrons. The van der Waals surface area contributed by atoms with Gasteiger partial charge in [0.1, 0.15) is 0 Å². The Morgan fingerprint density at radius 1 is 1.50 bits per heavy atom. The fourth-order valence-corrected chi connectivity index (χ4v) is 2.59. The van der Waals surface area contributed by atoms with E-state index in [4.69, 9.17) is 16.7 Å². The molecule has 1 saturated heterocycles. The number of aliphatic hydroxyl groups is 1. The average molecular weight is 268 g/mol. The van der Waals surface area contributed by atoms with Crippen LogP contribution >= 0.6 is 11.6 Å². The predicted molar refractivity (Wildman–Crippen MR) is 71.5 cm³/mol. The number of nitrogens with zero attached hydrogens (tertiary/aromatic N) is 1. The summed E-state index contributed by atoms with van der Waals surface area (Å²) in [6.07, 6.45) is 2.38. The van der Waals surface area contributed by atoms with Crippen LogP contribution in [0.5, 0.6) is 0 Å². The molecule has 1 aliphatic rings. The molecule has 0 spiro atoms. The van der Waals surface area contributed by atoms with Crippen LogP contribution in [0.2, 0.25) is 5.02 Å². The molecule has 1 N–H and O–H groups in total. The summed E-state index contributed by atoms with van der Waals surface area (Å²) in [4.78, 5) is 14.0. The van der Waals surface area contributed by atoms with E-state index in [1.807, 2.05) is 23.1 Å². The largest absolute Gasteiger partial charge is 0.396 e. The topological polar surface area (TPSA) is 40.5 Å². The minimum absolute atomic E-state index is 0.121. The summed E-state index contributed by atoms with van der Waals surface area (Å²) in [5.41, 5.74) is 0.943. The molecule has 1 amide bonds. The summed E-state index contributed by atoms with van der Waals surface area (Å²) in [5.74, 6) is 0.359. The van der Waals surface area contributed by atoms with E-state index in [-0.39, 0.29) is 18.4 Å². The first-order chi connectivity index (χ1) is 8.69. The summed E-state index contributed by atoms with van der Waals surface area (Å²) >= 11 is 5.90. The smallest absolute Gasteiger partial charge is 0.227 e. The molecular formula is C14H18ClNO2. The van der Waals surface area contributed by atoms with Crippen LogP contribution in [-0.4, -0.2) is 35.6 Å². The number of benzene rings is 1. The number of rotatable bonds is 3. The molecule has 2 rings (SSSR count). The van der Waals surface area contributed by atoms with E-state index in [0.717, 1.165) is 24.9 Å². The first-order valence-corrected chi connectivity index (χ1v) is 6.70. The Labute approximate surface area is 112 Å². The maximum Gasteiger partial charge on any atom is 0.227 e. The van der Waals surface area contributed by atoms with E-state index < -0.39 is 0 Å². The van der Waals surface area contributed by atoms with E-state index >= 15 is 0 Å². The van der Waals surface area contributed by atoms with Gasteiger partial charge in [0, 0.05) is 24.7 Å². The Morgan fingerprint density at radius 2 is 2.33 bits per heavy atom. The number of aliphatic hydroxyl groups excluding tert-OH is 1. The highest BCUT2D eigenvalue weighted by Crippen LogP contribution is 2.18. The molecule has 0 saturated carbocycles.